The molecule has 1 aromatic heterocycles. The molecule has 0 atom stereocenters. The number of rotatable bonds is 5. The Bertz CT molecular complexity index is 597. The average Bonchev–Trinajstić information content (AvgIpc) is 2.58. The van der Waals surface area contributed by atoms with Gasteiger partial charge in [0.25, 0.3) is 0 Å². The van der Waals surface area contributed by atoms with E-state index < -0.39 is 0 Å². The molecule has 0 amide bonds. The maximum Gasteiger partial charge on any atom is 0.146 e. The topological polar surface area (TPSA) is 40.2 Å². The number of halogens is 1. The Kier molecular flexibility index (Phi) is 4.98. The molecule has 22 heavy (non-hydrogen) atoms. The monoisotopic (exact) mass is 300 g/mol. The fourth-order valence-electron chi connectivity index (χ4n) is 2.67. The van der Waals surface area contributed by atoms with Crippen LogP contribution in [0.25, 0.3) is 0 Å². The van der Waals surface area contributed by atoms with Crippen LogP contribution in [0.3, 0.4) is 0 Å². The van der Waals surface area contributed by atoms with Gasteiger partial charge in [-0.25, -0.2) is 4.39 Å². The lowest BCUT2D eigenvalue weighted by Gasteiger charge is -2.30. The van der Waals surface area contributed by atoms with Gasteiger partial charge < -0.3 is 15.5 Å². The average molecular weight is 300 g/mol. The van der Waals surface area contributed by atoms with E-state index in [1.807, 2.05) is 24.3 Å². The molecule has 1 aromatic carbocycles. The summed E-state index contributed by atoms with van der Waals surface area (Å²) in [7, 11) is 0. The fraction of sp³-hybridized carbons (Fsp3) is 0.353. The van der Waals surface area contributed by atoms with E-state index in [9.17, 15) is 4.39 Å². The molecule has 5 heteroatoms. The highest BCUT2D eigenvalue weighted by Gasteiger charge is 2.14. The second-order valence-electron chi connectivity index (χ2n) is 5.48. The summed E-state index contributed by atoms with van der Waals surface area (Å²) in [5, 5.41) is 6.68. The van der Waals surface area contributed by atoms with Gasteiger partial charge in [-0.3, -0.25) is 4.98 Å². The van der Waals surface area contributed by atoms with Gasteiger partial charge in [-0.1, -0.05) is 6.07 Å². The highest BCUT2D eigenvalue weighted by Crippen LogP contribution is 2.21. The Morgan fingerprint density at radius 1 is 1.05 bits per heavy atom. The summed E-state index contributed by atoms with van der Waals surface area (Å²) in [6, 6.07) is 9.36. The number of nitrogens with zero attached hydrogens (tertiary/aromatic N) is 2. The molecule has 0 spiro atoms. The van der Waals surface area contributed by atoms with Crippen molar-refractivity contribution in [2.45, 2.75) is 13.1 Å². The second kappa shape index (κ2) is 7.33. The molecule has 3 rings (SSSR count). The third-order valence-electron chi connectivity index (χ3n) is 3.88. The summed E-state index contributed by atoms with van der Waals surface area (Å²) in [6.07, 6.45) is 3.58. The van der Waals surface area contributed by atoms with Gasteiger partial charge in [0.15, 0.2) is 0 Å². The zero-order valence-electron chi connectivity index (χ0n) is 12.6. The number of benzene rings is 1. The summed E-state index contributed by atoms with van der Waals surface area (Å²) < 4.78 is 14.1. The molecule has 2 N–H and O–H groups in total. The lowest BCUT2D eigenvalue weighted by molar-refractivity contribution is 0.565. The first-order valence-corrected chi connectivity index (χ1v) is 7.66. The highest BCUT2D eigenvalue weighted by molar-refractivity contribution is 5.50. The zero-order chi connectivity index (χ0) is 15.2. The number of aromatic nitrogens is 1. The van der Waals surface area contributed by atoms with Gasteiger partial charge >= 0.3 is 0 Å². The second-order valence-corrected chi connectivity index (χ2v) is 5.48. The zero-order valence-corrected chi connectivity index (χ0v) is 12.6. The molecular weight excluding hydrogens is 279 g/mol. The van der Waals surface area contributed by atoms with Crippen LogP contribution in [0.2, 0.25) is 0 Å². The lowest BCUT2D eigenvalue weighted by atomic mass is 10.1. The molecule has 0 radical (unpaired) electrons. The van der Waals surface area contributed by atoms with Crippen LogP contribution >= 0.6 is 0 Å². The quantitative estimate of drug-likeness (QED) is 0.885. The summed E-state index contributed by atoms with van der Waals surface area (Å²) in [6.45, 7) is 5.02. The molecule has 0 bridgehead atoms. The molecule has 1 fully saturated rings. The van der Waals surface area contributed by atoms with Crippen molar-refractivity contribution in [2.24, 2.45) is 0 Å². The number of pyridine rings is 1. The first-order valence-electron chi connectivity index (χ1n) is 7.66. The SMILES string of the molecule is Fc1ccc(CNCc2ccncc2)cc1N1CCNCC1. The van der Waals surface area contributed by atoms with Crippen LogP contribution in [0.4, 0.5) is 10.1 Å². The van der Waals surface area contributed by atoms with Crippen LogP contribution in [-0.4, -0.2) is 31.2 Å². The summed E-state index contributed by atoms with van der Waals surface area (Å²) in [5.41, 5.74) is 3.01. The molecule has 0 saturated carbocycles. The van der Waals surface area contributed by atoms with Crippen LogP contribution in [-0.2, 0) is 13.1 Å². The van der Waals surface area contributed by atoms with Crippen molar-refractivity contribution < 1.29 is 4.39 Å². The fourth-order valence-corrected chi connectivity index (χ4v) is 2.67. The summed E-state index contributed by atoms with van der Waals surface area (Å²) in [5.74, 6) is -0.139. The molecular formula is C17H21FN4. The Morgan fingerprint density at radius 2 is 1.77 bits per heavy atom. The van der Waals surface area contributed by atoms with Gasteiger partial charge in [-0.15, -0.1) is 0 Å². The predicted molar refractivity (Wildman–Crippen MR) is 86.3 cm³/mol. The van der Waals surface area contributed by atoms with Crippen LogP contribution in [0.15, 0.2) is 42.7 Å². The maximum atomic E-state index is 14.1. The predicted octanol–water partition coefficient (Wildman–Crippen LogP) is 1.92. The Balaban J connectivity index is 1.61. The van der Waals surface area contributed by atoms with Gasteiger partial charge in [-0.2, -0.15) is 0 Å². The van der Waals surface area contributed by atoms with Gasteiger partial charge in [0.2, 0.25) is 0 Å². The number of piperazine rings is 1. The van der Waals surface area contributed by atoms with Crippen LogP contribution < -0.4 is 15.5 Å². The smallest absolute Gasteiger partial charge is 0.146 e. The van der Waals surface area contributed by atoms with Crippen molar-refractivity contribution in [2.75, 3.05) is 31.1 Å². The molecule has 2 heterocycles. The molecule has 0 unspecified atom stereocenters. The van der Waals surface area contributed by atoms with Gasteiger partial charge in [0, 0.05) is 51.7 Å². The van der Waals surface area contributed by atoms with E-state index in [4.69, 9.17) is 0 Å². The normalized spacial score (nSPS) is 15.0. The Morgan fingerprint density at radius 3 is 2.55 bits per heavy atom. The van der Waals surface area contributed by atoms with E-state index in [2.05, 4.69) is 20.5 Å². The van der Waals surface area contributed by atoms with Crippen molar-refractivity contribution in [3.63, 3.8) is 0 Å². The number of hydrogen-bond donors (Lipinski definition) is 2. The van der Waals surface area contributed by atoms with E-state index in [1.54, 1.807) is 18.5 Å². The molecule has 1 aliphatic rings. The molecule has 2 aromatic rings. The Labute approximate surface area is 130 Å². The minimum absolute atomic E-state index is 0.139. The van der Waals surface area contributed by atoms with E-state index in [1.165, 1.54) is 5.56 Å². The number of nitrogens with one attached hydrogen (secondary N) is 2. The molecule has 1 aliphatic heterocycles. The highest BCUT2D eigenvalue weighted by atomic mass is 19.1. The molecule has 1 saturated heterocycles. The van der Waals surface area contributed by atoms with Gasteiger partial charge in [0.1, 0.15) is 5.82 Å². The van der Waals surface area contributed by atoms with Gasteiger partial charge in [-0.05, 0) is 35.4 Å². The van der Waals surface area contributed by atoms with Crippen molar-refractivity contribution in [1.82, 2.24) is 15.6 Å². The van der Waals surface area contributed by atoms with Crippen molar-refractivity contribution >= 4 is 5.69 Å². The minimum Gasteiger partial charge on any atom is -0.367 e. The summed E-state index contributed by atoms with van der Waals surface area (Å²) in [4.78, 5) is 6.11. The van der Waals surface area contributed by atoms with Crippen LogP contribution in [0.5, 0.6) is 0 Å². The molecule has 116 valence electrons. The van der Waals surface area contributed by atoms with Crippen LogP contribution in [0.1, 0.15) is 11.1 Å². The van der Waals surface area contributed by atoms with Gasteiger partial charge in [0.05, 0.1) is 5.69 Å². The first kappa shape index (κ1) is 14.9. The number of anilines is 1. The third-order valence-corrected chi connectivity index (χ3v) is 3.88. The van der Waals surface area contributed by atoms with E-state index >= 15 is 0 Å². The number of hydrogen-bond acceptors (Lipinski definition) is 4. The van der Waals surface area contributed by atoms with Crippen molar-refractivity contribution in [3.05, 3.63) is 59.7 Å². The molecule has 4 nitrogen and oxygen atoms in total. The maximum absolute atomic E-state index is 14.1. The summed E-state index contributed by atoms with van der Waals surface area (Å²) >= 11 is 0. The van der Waals surface area contributed by atoms with Crippen molar-refractivity contribution in [3.8, 4) is 0 Å². The largest absolute Gasteiger partial charge is 0.367 e. The van der Waals surface area contributed by atoms with Crippen LogP contribution in [0, 0.1) is 5.82 Å². The standard InChI is InChI=1S/C17H21FN4/c18-16-2-1-15(11-17(16)22-9-7-20-8-10-22)13-21-12-14-3-5-19-6-4-14/h1-6,11,20-21H,7-10,12-13H2. The first-order chi connectivity index (χ1) is 10.8. The lowest BCUT2D eigenvalue weighted by Crippen LogP contribution is -2.43. The van der Waals surface area contributed by atoms with Crippen molar-refractivity contribution in [1.29, 1.82) is 0 Å². The third kappa shape index (κ3) is 3.81. The molecule has 0 aliphatic carbocycles. The van der Waals surface area contributed by atoms with E-state index in [0.717, 1.165) is 44.8 Å². The van der Waals surface area contributed by atoms with E-state index in [0.29, 0.717) is 5.69 Å². The minimum atomic E-state index is -0.139. The van der Waals surface area contributed by atoms with E-state index in [-0.39, 0.29) is 5.82 Å². The Hall–Kier alpha value is -1.98.